The molecule has 0 heterocycles. The summed E-state index contributed by atoms with van der Waals surface area (Å²) in [4.78, 5) is 31.6. The van der Waals surface area contributed by atoms with Gasteiger partial charge in [0.25, 0.3) is 0 Å². The van der Waals surface area contributed by atoms with Crippen molar-refractivity contribution in [1.29, 1.82) is 0 Å². The molecule has 0 saturated heterocycles. The van der Waals surface area contributed by atoms with Gasteiger partial charge in [-0.3, -0.25) is 18.6 Å². The molecule has 0 spiro atoms. The number of esters is 1. The van der Waals surface area contributed by atoms with Gasteiger partial charge in [-0.15, -0.1) is 0 Å². The Bertz CT molecular complexity index is 621. The number of carbonyl (C=O) groups is 2. The highest BCUT2D eigenvalue weighted by atomic mass is 31.2. The molecule has 0 rings (SSSR count). The Morgan fingerprint density at radius 1 is 0.757 bits per heavy atom. The van der Waals surface area contributed by atoms with E-state index in [0.29, 0.717) is 6.61 Å². The van der Waals surface area contributed by atoms with Crippen molar-refractivity contribution in [1.82, 2.24) is 0 Å². The lowest BCUT2D eigenvalue weighted by molar-refractivity contribution is -0.152. The first-order valence-corrected chi connectivity index (χ1v) is 15.5. The van der Waals surface area contributed by atoms with Gasteiger partial charge in [0.1, 0.15) is 12.1 Å². The minimum Gasteiger partial charge on any atom is -0.480 e. The molecule has 0 bridgehead atoms. The van der Waals surface area contributed by atoms with Gasteiger partial charge in [0.2, 0.25) is 0 Å². The number of rotatable bonds is 27. The predicted molar refractivity (Wildman–Crippen MR) is 143 cm³/mol. The summed E-state index contributed by atoms with van der Waals surface area (Å²) in [7, 11) is -4.55. The lowest BCUT2D eigenvalue weighted by Crippen LogP contribution is -2.34. The summed E-state index contributed by atoms with van der Waals surface area (Å²) < 4.78 is 31.8. The number of nitrogens with two attached hydrogens (primary N) is 1. The maximum atomic E-state index is 11.9. The van der Waals surface area contributed by atoms with Crippen LogP contribution in [0.4, 0.5) is 0 Å². The van der Waals surface area contributed by atoms with Crippen molar-refractivity contribution in [3.8, 4) is 0 Å². The van der Waals surface area contributed by atoms with E-state index in [1.54, 1.807) is 0 Å². The molecule has 10 nitrogen and oxygen atoms in total. The zero-order valence-electron chi connectivity index (χ0n) is 23.1. The lowest BCUT2D eigenvalue weighted by atomic mass is 10.0. The molecule has 0 aliphatic rings. The molecule has 0 aromatic rings. The van der Waals surface area contributed by atoms with Gasteiger partial charge in [0.05, 0.1) is 19.8 Å². The van der Waals surface area contributed by atoms with Crippen LogP contribution in [0.15, 0.2) is 0 Å². The van der Waals surface area contributed by atoms with E-state index in [1.807, 2.05) is 0 Å². The Morgan fingerprint density at radius 3 is 1.62 bits per heavy atom. The van der Waals surface area contributed by atoms with Crippen molar-refractivity contribution in [3.63, 3.8) is 0 Å². The molecule has 0 aliphatic carbocycles. The second-order valence-electron chi connectivity index (χ2n) is 9.61. The fraction of sp³-hybridized carbons (Fsp3) is 0.923. The second-order valence-corrected chi connectivity index (χ2v) is 11.1. The average molecular weight is 554 g/mol. The molecule has 0 radical (unpaired) electrons. The first-order chi connectivity index (χ1) is 17.7. The van der Waals surface area contributed by atoms with Gasteiger partial charge in [-0.1, -0.05) is 103 Å². The molecular weight excluding hydrogens is 501 g/mol. The molecular formula is C26H52NO9P. The van der Waals surface area contributed by atoms with Crippen LogP contribution in [0.1, 0.15) is 117 Å². The Kier molecular flexibility index (Phi) is 23.4. The van der Waals surface area contributed by atoms with Gasteiger partial charge in [-0.25, -0.2) is 4.57 Å². The SMILES string of the molecule is CCCCCCCCCCCCCCCCCCOC[C@H](COP(=O)(O)OC[C@H](N)C(=O)O)OC(C)=O. The molecule has 4 N–H and O–H groups in total. The third-order valence-corrected chi connectivity index (χ3v) is 6.89. The van der Waals surface area contributed by atoms with Gasteiger partial charge < -0.3 is 25.2 Å². The molecule has 0 aromatic carbocycles. The standard InChI is InChI=1S/C26H52NO9P/c1-3-4-5-6-7-8-9-10-11-12-13-14-15-16-17-18-19-33-20-24(36-23(2)28)21-34-37(31,32)35-22-25(27)26(29)30/h24-25H,3-22,27H2,1-2H3,(H,29,30)(H,31,32)/t24-,25+/m1/s1. The van der Waals surface area contributed by atoms with Crippen LogP contribution >= 0.6 is 7.82 Å². The number of carbonyl (C=O) groups excluding carboxylic acids is 1. The first-order valence-electron chi connectivity index (χ1n) is 14.0. The van der Waals surface area contributed by atoms with Crippen LogP contribution < -0.4 is 5.73 Å². The number of ether oxygens (including phenoxy) is 2. The molecule has 0 aliphatic heterocycles. The summed E-state index contributed by atoms with van der Waals surface area (Å²) in [6.45, 7) is 2.82. The molecule has 1 unspecified atom stereocenters. The summed E-state index contributed by atoms with van der Waals surface area (Å²) in [5.41, 5.74) is 5.22. The monoisotopic (exact) mass is 553 g/mol. The quantitative estimate of drug-likeness (QED) is 0.0651. The molecule has 0 aromatic heterocycles. The maximum absolute atomic E-state index is 11.9. The van der Waals surface area contributed by atoms with Gasteiger partial charge in [0.15, 0.2) is 0 Å². The number of phosphoric ester groups is 1. The van der Waals surface area contributed by atoms with Crippen molar-refractivity contribution in [2.75, 3.05) is 26.4 Å². The molecule has 0 saturated carbocycles. The van der Waals surface area contributed by atoms with Crippen molar-refractivity contribution in [3.05, 3.63) is 0 Å². The zero-order chi connectivity index (χ0) is 27.8. The number of carboxylic acids is 1. The molecule has 220 valence electrons. The third-order valence-electron chi connectivity index (χ3n) is 5.94. The number of hydrogen-bond donors (Lipinski definition) is 3. The predicted octanol–water partition coefficient (Wildman–Crippen LogP) is 5.74. The van der Waals surface area contributed by atoms with E-state index in [9.17, 15) is 19.0 Å². The Morgan fingerprint density at radius 2 is 1.19 bits per heavy atom. The Balaban J connectivity index is 3.73. The van der Waals surface area contributed by atoms with Crippen molar-refractivity contribution in [2.24, 2.45) is 5.73 Å². The number of carboxylic acid groups (broad SMARTS) is 1. The van der Waals surface area contributed by atoms with E-state index >= 15 is 0 Å². The van der Waals surface area contributed by atoms with Gasteiger partial charge >= 0.3 is 19.8 Å². The fourth-order valence-electron chi connectivity index (χ4n) is 3.78. The minimum atomic E-state index is -4.55. The highest BCUT2D eigenvalue weighted by Crippen LogP contribution is 2.43. The van der Waals surface area contributed by atoms with Crippen LogP contribution in [0.2, 0.25) is 0 Å². The number of unbranched alkanes of at least 4 members (excludes halogenated alkanes) is 15. The summed E-state index contributed by atoms with van der Waals surface area (Å²) in [6.07, 6.45) is 19.7. The molecule has 11 heteroatoms. The number of hydrogen-bond acceptors (Lipinski definition) is 8. The lowest BCUT2D eigenvalue weighted by Gasteiger charge is -2.19. The second kappa shape index (κ2) is 24.0. The highest BCUT2D eigenvalue weighted by Gasteiger charge is 2.27. The maximum Gasteiger partial charge on any atom is 0.472 e. The zero-order valence-corrected chi connectivity index (χ0v) is 24.0. The van der Waals surface area contributed by atoms with Crippen LogP contribution in [0.3, 0.4) is 0 Å². The van der Waals surface area contributed by atoms with Gasteiger partial charge in [0, 0.05) is 13.5 Å². The van der Waals surface area contributed by atoms with Gasteiger partial charge in [-0.05, 0) is 6.42 Å². The molecule has 3 atom stereocenters. The Labute approximate surface area is 223 Å². The summed E-state index contributed by atoms with van der Waals surface area (Å²) >= 11 is 0. The minimum absolute atomic E-state index is 0.00690. The normalized spacial score (nSPS) is 14.7. The largest absolute Gasteiger partial charge is 0.480 e. The van der Waals surface area contributed by atoms with Crippen LogP contribution in [0.5, 0.6) is 0 Å². The fourth-order valence-corrected chi connectivity index (χ4v) is 4.56. The van der Waals surface area contributed by atoms with Crippen molar-refractivity contribution >= 4 is 19.8 Å². The van der Waals surface area contributed by atoms with E-state index in [2.05, 4.69) is 11.4 Å². The average Bonchev–Trinajstić information content (AvgIpc) is 2.84. The van der Waals surface area contributed by atoms with Crippen molar-refractivity contribution < 1.29 is 42.7 Å². The topological polar surface area (TPSA) is 155 Å². The van der Waals surface area contributed by atoms with Crippen LogP contribution in [0, 0.1) is 0 Å². The van der Waals surface area contributed by atoms with E-state index in [0.717, 1.165) is 19.3 Å². The van der Waals surface area contributed by atoms with E-state index in [-0.39, 0.29) is 6.61 Å². The Hall–Kier alpha value is -1.03. The van der Waals surface area contributed by atoms with Gasteiger partial charge in [-0.2, -0.15) is 0 Å². The van der Waals surface area contributed by atoms with Crippen LogP contribution in [0.25, 0.3) is 0 Å². The summed E-state index contributed by atoms with van der Waals surface area (Å²) in [6, 6.07) is -1.46. The molecule has 0 fully saturated rings. The third kappa shape index (κ3) is 25.0. The molecule has 0 amide bonds. The van der Waals surface area contributed by atoms with Crippen LogP contribution in [-0.4, -0.2) is 60.5 Å². The van der Waals surface area contributed by atoms with E-state index in [1.165, 1.54) is 90.4 Å². The molecule has 37 heavy (non-hydrogen) atoms. The first kappa shape index (κ1) is 36.0. The number of phosphoric acid groups is 1. The van der Waals surface area contributed by atoms with E-state index < -0.39 is 45.1 Å². The highest BCUT2D eigenvalue weighted by molar-refractivity contribution is 7.47. The smallest absolute Gasteiger partial charge is 0.472 e. The number of aliphatic carboxylic acids is 1. The van der Waals surface area contributed by atoms with E-state index in [4.69, 9.17) is 24.8 Å². The summed E-state index contributed by atoms with van der Waals surface area (Å²) in [5.74, 6) is -1.96. The van der Waals surface area contributed by atoms with Crippen LogP contribution in [-0.2, 0) is 32.7 Å². The van der Waals surface area contributed by atoms with Crippen molar-refractivity contribution in [2.45, 2.75) is 129 Å². The summed E-state index contributed by atoms with van der Waals surface area (Å²) in [5, 5.41) is 8.69.